The Balaban J connectivity index is 1.47. The molecule has 9 heteroatoms. The maximum atomic E-state index is 13.1. The van der Waals surface area contributed by atoms with Gasteiger partial charge in [0.15, 0.2) is 0 Å². The normalized spacial score (nSPS) is 19.5. The molecule has 0 radical (unpaired) electrons. The molecule has 0 saturated carbocycles. The molecule has 0 aliphatic carbocycles. The third-order valence-electron chi connectivity index (χ3n) is 5.78. The van der Waals surface area contributed by atoms with E-state index in [1.807, 2.05) is 4.90 Å². The minimum atomic E-state index is -3.59. The van der Waals surface area contributed by atoms with E-state index in [4.69, 9.17) is 0 Å². The van der Waals surface area contributed by atoms with Crippen molar-refractivity contribution < 1.29 is 13.2 Å². The van der Waals surface area contributed by atoms with Crippen molar-refractivity contribution in [1.82, 2.24) is 24.2 Å². The topological polar surface area (TPSA) is 88.4 Å². The number of carbonyl (C=O) groups excluding carboxylic acids is 1. The number of carbonyl (C=O) groups is 1. The molecule has 152 valence electrons. The highest BCUT2D eigenvalue weighted by atomic mass is 32.2. The van der Waals surface area contributed by atoms with Gasteiger partial charge in [0.05, 0.1) is 10.4 Å². The Bertz CT molecular complexity index is 957. The van der Waals surface area contributed by atoms with Crippen molar-refractivity contribution in [3.8, 4) is 0 Å². The molecule has 0 unspecified atom stereocenters. The highest BCUT2D eigenvalue weighted by Gasteiger charge is 2.34. The Hall–Kier alpha value is -2.00. The average Bonchev–Trinajstić information content (AvgIpc) is 3.38. The van der Waals surface area contributed by atoms with E-state index >= 15 is 0 Å². The zero-order valence-electron chi connectivity index (χ0n) is 16.2. The summed E-state index contributed by atoms with van der Waals surface area (Å²) in [6, 6.07) is 5.02. The fraction of sp³-hybridized carbons (Fsp3) is 0.632. The molecule has 3 heterocycles. The second kappa shape index (κ2) is 7.79. The van der Waals surface area contributed by atoms with E-state index < -0.39 is 10.0 Å². The van der Waals surface area contributed by atoms with Gasteiger partial charge in [-0.05, 0) is 50.3 Å². The van der Waals surface area contributed by atoms with E-state index in [1.54, 1.807) is 22.9 Å². The van der Waals surface area contributed by atoms with Crippen LogP contribution < -0.4 is 0 Å². The first-order chi connectivity index (χ1) is 13.5. The van der Waals surface area contributed by atoms with E-state index in [0.717, 1.165) is 44.4 Å². The minimum absolute atomic E-state index is 0.0547. The number of aromatic nitrogens is 3. The van der Waals surface area contributed by atoms with Crippen molar-refractivity contribution in [2.75, 3.05) is 26.2 Å². The van der Waals surface area contributed by atoms with E-state index in [2.05, 4.69) is 17.2 Å². The minimum Gasteiger partial charge on any atom is -0.342 e. The molecule has 4 rings (SSSR count). The van der Waals surface area contributed by atoms with Gasteiger partial charge in [-0.15, -0.1) is 5.10 Å². The second-order valence-electron chi connectivity index (χ2n) is 7.67. The Morgan fingerprint density at radius 3 is 2.54 bits per heavy atom. The molecule has 0 N–H and O–H groups in total. The number of hydrogen-bond acceptors (Lipinski definition) is 5. The Morgan fingerprint density at radius 1 is 1.14 bits per heavy atom. The summed E-state index contributed by atoms with van der Waals surface area (Å²) in [5.41, 5.74) is 1.43. The smallest absolute Gasteiger partial charge is 0.243 e. The summed E-state index contributed by atoms with van der Waals surface area (Å²) in [5.74, 6) is 0.143. The van der Waals surface area contributed by atoms with Gasteiger partial charge in [0.2, 0.25) is 15.9 Å². The fourth-order valence-electron chi connectivity index (χ4n) is 4.18. The molecular weight excluding hydrogens is 378 g/mol. The first-order valence-corrected chi connectivity index (χ1v) is 11.6. The SMILES string of the molecule is CCCn1nnc2cc(S(=O)(=O)N3CCC(C(=O)N4CCCC4)CC3)ccc21. The fourth-order valence-corrected chi connectivity index (χ4v) is 5.67. The Kier molecular flexibility index (Phi) is 5.37. The lowest BCUT2D eigenvalue weighted by atomic mass is 9.97. The number of benzene rings is 1. The van der Waals surface area contributed by atoms with Crippen LogP contribution in [0.15, 0.2) is 23.1 Å². The highest BCUT2D eigenvalue weighted by Crippen LogP contribution is 2.27. The molecule has 8 nitrogen and oxygen atoms in total. The first-order valence-electron chi connectivity index (χ1n) is 10.1. The average molecular weight is 406 g/mol. The molecule has 1 amide bonds. The summed E-state index contributed by atoms with van der Waals surface area (Å²) in [6.45, 7) is 5.26. The molecule has 2 saturated heterocycles. The maximum absolute atomic E-state index is 13.1. The largest absolute Gasteiger partial charge is 0.342 e. The predicted octanol–water partition coefficient (Wildman–Crippen LogP) is 1.86. The van der Waals surface area contributed by atoms with Crippen molar-refractivity contribution in [3.63, 3.8) is 0 Å². The summed E-state index contributed by atoms with van der Waals surface area (Å²) < 4.78 is 29.4. The molecule has 28 heavy (non-hydrogen) atoms. The molecule has 2 fully saturated rings. The van der Waals surface area contributed by atoms with Gasteiger partial charge in [0.25, 0.3) is 0 Å². The molecule has 2 aromatic rings. The van der Waals surface area contributed by atoms with Gasteiger partial charge < -0.3 is 4.90 Å². The number of piperidine rings is 1. The first kappa shape index (κ1) is 19.3. The van der Waals surface area contributed by atoms with Crippen LogP contribution in [-0.4, -0.2) is 64.7 Å². The molecule has 2 aliphatic heterocycles. The van der Waals surface area contributed by atoms with Crippen molar-refractivity contribution in [2.45, 2.75) is 50.5 Å². The summed E-state index contributed by atoms with van der Waals surface area (Å²) in [6.07, 6.45) is 4.26. The van der Waals surface area contributed by atoms with Crippen molar-refractivity contribution >= 4 is 27.0 Å². The summed E-state index contributed by atoms with van der Waals surface area (Å²) in [7, 11) is -3.59. The molecule has 0 bridgehead atoms. The molecular formula is C19H27N5O3S. The third-order valence-corrected chi connectivity index (χ3v) is 7.67. The number of aryl methyl sites for hydroxylation is 1. The van der Waals surface area contributed by atoms with Gasteiger partial charge in [-0.3, -0.25) is 4.79 Å². The lowest BCUT2D eigenvalue weighted by Crippen LogP contribution is -2.43. The van der Waals surface area contributed by atoms with E-state index in [-0.39, 0.29) is 16.7 Å². The van der Waals surface area contributed by atoms with Gasteiger partial charge in [0.1, 0.15) is 5.52 Å². The number of sulfonamides is 1. The van der Waals surface area contributed by atoms with Crippen molar-refractivity contribution in [3.05, 3.63) is 18.2 Å². The van der Waals surface area contributed by atoms with Crippen LogP contribution in [0.1, 0.15) is 39.0 Å². The monoisotopic (exact) mass is 405 g/mol. The van der Waals surface area contributed by atoms with Crippen LogP contribution in [0.3, 0.4) is 0 Å². The van der Waals surface area contributed by atoms with Crippen molar-refractivity contribution in [2.24, 2.45) is 5.92 Å². The number of nitrogens with zero attached hydrogens (tertiary/aromatic N) is 5. The maximum Gasteiger partial charge on any atom is 0.243 e. The zero-order chi connectivity index (χ0) is 19.7. The van der Waals surface area contributed by atoms with Crippen LogP contribution in [-0.2, 0) is 21.4 Å². The standard InChI is InChI=1S/C19H27N5O3S/c1-2-9-24-18-6-5-16(14-17(18)20-21-24)28(26,27)23-12-7-15(8-13-23)19(25)22-10-3-4-11-22/h5-6,14-15H,2-4,7-13H2,1H3. The van der Waals surface area contributed by atoms with Crippen molar-refractivity contribution in [1.29, 1.82) is 0 Å². The predicted molar refractivity (Wildman–Crippen MR) is 105 cm³/mol. The zero-order valence-corrected chi connectivity index (χ0v) is 17.1. The molecule has 1 aromatic heterocycles. The number of rotatable bonds is 5. The lowest BCUT2D eigenvalue weighted by molar-refractivity contribution is -0.135. The lowest BCUT2D eigenvalue weighted by Gasteiger charge is -2.32. The van der Waals surface area contributed by atoms with Gasteiger partial charge in [-0.2, -0.15) is 4.31 Å². The van der Waals surface area contributed by atoms with E-state index in [1.165, 1.54) is 4.31 Å². The van der Waals surface area contributed by atoms with Crippen LogP contribution in [0.4, 0.5) is 0 Å². The molecule has 2 aliphatic rings. The quantitative estimate of drug-likeness (QED) is 0.758. The Labute approximate surface area is 165 Å². The third kappa shape index (κ3) is 3.53. The highest BCUT2D eigenvalue weighted by molar-refractivity contribution is 7.89. The molecule has 0 atom stereocenters. The summed E-state index contributed by atoms with van der Waals surface area (Å²) in [5, 5.41) is 8.22. The molecule has 0 spiro atoms. The number of fused-ring (bicyclic) bond motifs is 1. The van der Waals surface area contributed by atoms with Gasteiger partial charge in [-0.25, -0.2) is 13.1 Å². The number of amides is 1. The Morgan fingerprint density at radius 2 is 1.86 bits per heavy atom. The number of likely N-dealkylation sites (tertiary alicyclic amines) is 1. The molecule has 1 aromatic carbocycles. The van der Waals surface area contributed by atoms with Gasteiger partial charge in [0, 0.05) is 38.6 Å². The summed E-state index contributed by atoms with van der Waals surface area (Å²) in [4.78, 5) is 14.7. The van der Waals surface area contributed by atoms with Crippen LogP contribution in [0.2, 0.25) is 0 Å². The van der Waals surface area contributed by atoms with Crippen LogP contribution in [0.25, 0.3) is 11.0 Å². The van der Waals surface area contributed by atoms with E-state index in [9.17, 15) is 13.2 Å². The van der Waals surface area contributed by atoms with Crippen LogP contribution >= 0.6 is 0 Å². The van der Waals surface area contributed by atoms with Crippen LogP contribution in [0.5, 0.6) is 0 Å². The van der Waals surface area contributed by atoms with Gasteiger partial charge >= 0.3 is 0 Å². The second-order valence-corrected chi connectivity index (χ2v) is 9.61. The summed E-state index contributed by atoms with van der Waals surface area (Å²) >= 11 is 0. The van der Waals surface area contributed by atoms with Crippen LogP contribution in [0, 0.1) is 5.92 Å². The van der Waals surface area contributed by atoms with E-state index in [0.29, 0.717) is 31.4 Å². The van der Waals surface area contributed by atoms with Gasteiger partial charge in [-0.1, -0.05) is 12.1 Å². The number of hydrogen-bond donors (Lipinski definition) is 0.